The highest BCUT2D eigenvalue weighted by Crippen LogP contribution is 2.39. The van der Waals surface area contributed by atoms with Crippen LogP contribution in [0, 0.1) is 5.92 Å². The van der Waals surface area contributed by atoms with E-state index in [4.69, 9.17) is 5.73 Å². The molecule has 0 aromatic carbocycles. The molecule has 0 rings (SSSR count). The minimum absolute atomic E-state index is 0.127. The summed E-state index contributed by atoms with van der Waals surface area (Å²) in [7, 11) is 0. The maximum absolute atomic E-state index is 12.1. The Morgan fingerprint density at radius 2 is 1.61 bits per heavy atom. The van der Waals surface area contributed by atoms with Gasteiger partial charge in [0.15, 0.2) is 0 Å². The van der Waals surface area contributed by atoms with E-state index < -0.39 is 30.2 Å². The number of amides is 1. The maximum Gasteiger partial charge on any atom is 0.409 e. The van der Waals surface area contributed by atoms with Crippen molar-refractivity contribution >= 4 is 23.1 Å². The number of halogens is 6. The summed E-state index contributed by atoms with van der Waals surface area (Å²) in [6, 6.07) is -1.01. The van der Waals surface area contributed by atoms with Gasteiger partial charge in [0.1, 0.15) is 0 Å². The average Bonchev–Trinajstić information content (AvgIpc) is 1.93. The summed E-state index contributed by atoms with van der Waals surface area (Å²) in [5, 5.41) is 1.58. The molecule has 0 radical (unpaired) electrons. The molecule has 0 aliphatic carbocycles. The first-order chi connectivity index (χ1) is 7.85. The van der Waals surface area contributed by atoms with Gasteiger partial charge in [-0.3, -0.25) is 4.79 Å². The fourth-order valence-electron chi connectivity index (χ4n) is 1.16. The van der Waals surface area contributed by atoms with E-state index in [2.05, 4.69) is 12.2 Å². The molecule has 0 fully saturated rings. The van der Waals surface area contributed by atoms with Crippen molar-refractivity contribution in [2.24, 2.45) is 11.7 Å². The first-order valence-corrected chi connectivity index (χ1v) is 4.98. The summed E-state index contributed by atoms with van der Waals surface area (Å²) in [4.78, 5) is 10.9. The molecule has 0 saturated carbocycles. The van der Waals surface area contributed by atoms with Crippen LogP contribution in [0.2, 0.25) is 0 Å². The number of hydrogen-bond donors (Lipinski definition) is 2. The number of alkyl halides is 6. The third kappa shape index (κ3) is 5.52. The van der Waals surface area contributed by atoms with E-state index in [0.29, 0.717) is 0 Å². The smallest absolute Gasteiger partial charge is 0.393 e. The number of hydrogen-bond acceptors (Lipinski definition) is 2. The van der Waals surface area contributed by atoms with Crippen LogP contribution < -0.4 is 11.1 Å². The van der Waals surface area contributed by atoms with Crippen LogP contribution in [-0.4, -0.2) is 29.3 Å². The van der Waals surface area contributed by atoms with Gasteiger partial charge in [0, 0.05) is 12.5 Å². The number of rotatable bonds is 4. The van der Waals surface area contributed by atoms with Crippen LogP contribution in [-0.2, 0) is 4.79 Å². The lowest BCUT2D eigenvalue weighted by Crippen LogP contribution is -2.50. The Balaban J connectivity index is 4.85. The molecule has 106 valence electrons. The van der Waals surface area contributed by atoms with Crippen molar-refractivity contribution in [3.63, 3.8) is 0 Å². The summed E-state index contributed by atoms with van der Waals surface area (Å²) in [6.45, 7) is 1.20. The molecule has 1 unspecified atom stereocenters. The fraction of sp³-hybridized carbons (Fsp3) is 0.750. The molecular formula is C8H10F6N2OS. The molecule has 1 atom stereocenters. The SMILES string of the molecule is CC(CC(N)=S)NC(=O)C(C(F)(F)F)C(F)(F)F. The van der Waals surface area contributed by atoms with E-state index in [9.17, 15) is 31.1 Å². The fourth-order valence-corrected chi connectivity index (χ4v) is 1.41. The zero-order chi connectivity index (χ0) is 14.7. The van der Waals surface area contributed by atoms with Crippen LogP contribution in [0.5, 0.6) is 0 Å². The Hall–Kier alpha value is -1.06. The molecule has 0 heterocycles. The van der Waals surface area contributed by atoms with Gasteiger partial charge < -0.3 is 11.1 Å². The minimum Gasteiger partial charge on any atom is -0.393 e. The van der Waals surface area contributed by atoms with Crippen molar-refractivity contribution in [1.29, 1.82) is 0 Å². The maximum atomic E-state index is 12.1. The topological polar surface area (TPSA) is 55.1 Å². The average molecular weight is 296 g/mol. The summed E-state index contributed by atoms with van der Waals surface area (Å²) >= 11 is 4.42. The molecule has 0 aromatic rings. The Morgan fingerprint density at radius 1 is 1.22 bits per heavy atom. The van der Waals surface area contributed by atoms with Gasteiger partial charge in [-0.15, -0.1) is 0 Å². The third-order valence-electron chi connectivity index (χ3n) is 1.81. The Bertz CT molecular complexity index is 313. The van der Waals surface area contributed by atoms with Gasteiger partial charge in [0.25, 0.3) is 0 Å². The molecule has 3 N–H and O–H groups in total. The monoisotopic (exact) mass is 296 g/mol. The van der Waals surface area contributed by atoms with Gasteiger partial charge >= 0.3 is 12.4 Å². The van der Waals surface area contributed by atoms with Crippen molar-refractivity contribution < 1.29 is 31.1 Å². The van der Waals surface area contributed by atoms with E-state index in [1.807, 2.05) is 0 Å². The second-order valence-corrected chi connectivity index (χ2v) is 4.12. The second-order valence-electron chi connectivity index (χ2n) is 3.60. The zero-order valence-electron chi connectivity index (χ0n) is 9.02. The van der Waals surface area contributed by atoms with E-state index >= 15 is 0 Å². The van der Waals surface area contributed by atoms with E-state index in [-0.39, 0.29) is 11.4 Å². The van der Waals surface area contributed by atoms with Crippen LogP contribution in [0.3, 0.4) is 0 Å². The third-order valence-corrected chi connectivity index (χ3v) is 1.98. The van der Waals surface area contributed by atoms with Crippen molar-refractivity contribution in [3.8, 4) is 0 Å². The quantitative estimate of drug-likeness (QED) is 0.615. The highest BCUT2D eigenvalue weighted by Gasteiger charge is 2.61. The molecular weight excluding hydrogens is 286 g/mol. The van der Waals surface area contributed by atoms with Gasteiger partial charge in [0.05, 0.1) is 4.99 Å². The Labute approximate surface area is 104 Å². The number of carbonyl (C=O) groups is 1. The molecule has 0 aliphatic rings. The molecule has 0 aromatic heterocycles. The highest BCUT2D eigenvalue weighted by atomic mass is 32.1. The lowest BCUT2D eigenvalue weighted by atomic mass is 10.1. The Morgan fingerprint density at radius 3 is 1.89 bits per heavy atom. The van der Waals surface area contributed by atoms with Crippen LogP contribution in [0.1, 0.15) is 13.3 Å². The lowest BCUT2D eigenvalue weighted by Gasteiger charge is -2.23. The number of nitrogens with two attached hydrogens (primary N) is 1. The summed E-state index contributed by atoms with van der Waals surface area (Å²) in [5.41, 5.74) is 5.05. The number of thiocarbonyl (C=S) groups is 1. The minimum atomic E-state index is -5.70. The number of carbonyl (C=O) groups excluding carboxylic acids is 1. The summed E-state index contributed by atoms with van der Waals surface area (Å²) in [6.07, 6.45) is -11.6. The zero-order valence-corrected chi connectivity index (χ0v) is 9.84. The first-order valence-electron chi connectivity index (χ1n) is 4.57. The molecule has 0 spiro atoms. The van der Waals surface area contributed by atoms with Crippen LogP contribution in [0.15, 0.2) is 0 Å². The summed E-state index contributed by atoms with van der Waals surface area (Å²) < 4.78 is 72.9. The molecule has 0 saturated heterocycles. The van der Waals surface area contributed by atoms with Crippen molar-refractivity contribution in [1.82, 2.24) is 5.32 Å². The van der Waals surface area contributed by atoms with Crippen molar-refractivity contribution in [2.45, 2.75) is 31.7 Å². The predicted molar refractivity (Wildman–Crippen MR) is 54.6 cm³/mol. The van der Waals surface area contributed by atoms with E-state index in [0.717, 1.165) is 0 Å². The second kappa shape index (κ2) is 5.72. The van der Waals surface area contributed by atoms with E-state index in [1.165, 1.54) is 6.92 Å². The molecule has 1 amide bonds. The summed E-state index contributed by atoms with van der Waals surface area (Å²) in [5.74, 6) is -6.22. The molecule has 18 heavy (non-hydrogen) atoms. The van der Waals surface area contributed by atoms with Gasteiger partial charge in [-0.1, -0.05) is 12.2 Å². The molecule has 10 heteroatoms. The van der Waals surface area contributed by atoms with Gasteiger partial charge in [0.2, 0.25) is 11.8 Å². The van der Waals surface area contributed by atoms with Crippen LogP contribution >= 0.6 is 12.2 Å². The standard InChI is InChI=1S/C8H10F6N2OS/c1-3(2-4(15)18)16-6(17)5(7(9,10)11)8(12,13)14/h3,5H,2H2,1H3,(H2,15,18)(H,16,17). The molecule has 3 nitrogen and oxygen atoms in total. The van der Waals surface area contributed by atoms with Crippen molar-refractivity contribution in [2.75, 3.05) is 0 Å². The van der Waals surface area contributed by atoms with E-state index in [1.54, 1.807) is 5.32 Å². The highest BCUT2D eigenvalue weighted by molar-refractivity contribution is 7.80. The lowest BCUT2D eigenvalue weighted by molar-refractivity contribution is -0.274. The van der Waals surface area contributed by atoms with Crippen LogP contribution in [0.25, 0.3) is 0 Å². The predicted octanol–water partition coefficient (Wildman–Crippen LogP) is 1.91. The first kappa shape index (κ1) is 16.9. The largest absolute Gasteiger partial charge is 0.409 e. The van der Waals surface area contributed by atoms with Gasteiger partial charge in [-0.05, 0) is 6.92 Å². The normalized spacial score (nSPS) is 14.4. The van der Waals surface area contributed by atoms with Gasteiger partial charge in [-0.25, -0.2) is 0 Å². The Kier molecular flexibility index (Phi) is 5.38. The molecule has 0 bridgehead atoms. The van der Waals surface area contributed by atoms with Gasteiger partial charge in [-0.2, -0.15) is 26.3 Å². The molecule has 0 aliphatic heterocycles. The van der Waals surface area contributed by atoms with Crippen molar-refractivity contribution in [3.05, 3.63) is 0 Å². The number of nitrogens with one attached hydrogen (secondary N) is 1. The van der Waals surface area contributed by atoms with Crippen LogP contribution in [0.4, 0.5) is 26.3 Å².